The molecule has 0 spiro atoms. The van der Waals surface area contributed by atoms with Gasteiger partial charge in [-0.05, 0) is 24.8 Å². The number of rotatable bonds is 3. The zero-order valence-corrected chi connectivity index (χ0v) is 9.07. The normalized spacial score (nSPS) is 16.9. The number of hydrogen-bond acceptors (Lipinski definition) is 2. The third-order valence-electron chi connectivity index (χ3n) is 3.15. The minimum atomic E-state index is -0.213. The van der Waals surface area contributed by atoms with Crippen molar-refractivity contribution in [3.63, 3.8) is 0 Å². The maximum absolute atomic E-state index is 11.5. The van der Waals surface area contributed by atoms with E-state index in [0.29, 0.717) is 0 Å². The molecule has 1 aromatic rings. The second-order valence-corrected chi connectivity index (χ2v) is 4.18. The van der Waals surface area contributed by atoms with Crippen molar-refractivity contribution >= 4 is 5.91 Å². The second kappa shape index (κ2) is 4.36. The summed E-state index contributed by atoms with van der Waals surface area (Å²) in [7, 11) is 0. The van der Waals surface area contributed by atoms with Gasteiger partial charge in [0.1, 0.15) is 6.42 Å². The lowest BCUT2D eigenvalue weighted by Gasteiger charge is -2.43. The van der Waals surface area contributed by atoms with Crippen molar-refractivity contribution in [2.24, 2.45) is 0 Å². The lowest BCUT2D eigenvalue weighted by atomic mass is 9.71. The maximum Gasteiger partial charge on any atom is 0.234 e. The van der Waals surface area contributed by atoms with E-state index < -0.39 is 0 Å². The maximum atomic E-state index is 11.5. The molecule has 1 saturated carbocycles. The van der Waals surface area contributed by atoms with Crippen molar-refractivity contribution in [1.82, 2.24) is 5.32 Å². The Kier molecular flexibility index (Phi) is 2.91. The van der Waals surface area contributed by atoms with E-state index in [1.54, 1.807) is 0 Å². The number of benzene rings is 1. The Morgan fingerprint density at radius 1 is 1.38 bits per heavy atom. The quantitative estimate of drug-likeness (QED) is 0.837. The van der Waals surface area contributed by atoms with Crippen molar-refractivity contribution in [1.29, 1.82) is 5.26 Å². The Bertz CT molecular complexity index is 415. The first-order chi connectivity index (χ1) is 7.77. The second-order valence-electron chi connectivity index (χ2n) is 4.18. The fourth-order valence-corrected chi connectivity index (χ4v) is 2.16. The molecule has 0 aliphatic heterocycles. The first-order valence-electron chi connectivity index (χ1n) is 5.50. The van der Waals surface area contributed by atoms with Crippen LogP contribution in [0.4, 0.5) is 0 Å². The Morgan fingerprint density at radius 2 is 2.06 bits per heavy atom. The molecule has 1 amide bonds. The van der Waals surface area contributed by atoms with Crippen molar-refractivity contribution < 1.29 is 4.79 Å². The van der Waals surface area contributed by atoms with Gasteiger partial charge in [-0.15, -0.1) is 0 Å². The summed E-state index contributed by atoms with van der Waals surface area (Å²) in [5, 5.41) is 11.5. The summed E-state index contributed by atoms with van der Waals surface area (Å²) in [5.41, 5.74) is 0.933. The number of nitrogens with zero attached hydrogens (tertiary/aromatic N) is 1. The van der Waals surface area contributed by atoms with Crippen LogP contribution in [0.25, 0.3) is 0 Å². The van der Waals surface area contributed by atoms with Crippen LogP contribution in [-0.4, -0.2) is 5.91 Å². The lowest BCUT2D eigenvalue weighted by molar-refractivity contribution is -0.123. The molecule has 3 nitrogen and oxygen atoms in total. The molecule has 1 fully saturated rings. The first-order valence-corrected chi connectivity index (χ1v) is 5.50. The van der Waals surface area contributed by atoms with Crippen molar-refractivity contribution in [2.75, 3.05) is 0 Å². The standard InChI is InChI=1S/C13H14N2O/c14-10-7-12(16)15-13(8-4-9-13)11-5-2-1-3-6-11/h1-3,5-6H,4,7-9H2,(H,15,16). The number of hydrogen-bond donors (Lipinski definition) is 1. The van der Waals surface area contributed by atoms with Crippen molar-refractivity contribution in [3.8, 4) is 6.07 Å². The van der Waals surface area contributed by atoms with Crippen molar-refractivity contribution in [3.05, 3.63) is 35.9 Å². The monoisotopic (exact) mass is 214 g/mol. The summed E-state index contributed by atoms with van der Waals surface area (Å²) in [6.45, 7) is 0. The Hall–Kier alpha value is -1.82. The van der Waals surface area contributed by atoms with E-state index in [1.165, 1.54) is 0 Å². The smallest absolute Gasteiger partial charge is 0.234 e. The van der Waals surface area contributed by atoms with Crippen LogP contribution in [0.2, 0.25) is 0 Å². The van der Waals surface area contributed by atoms with Crippen LogP contribution in [0, 0.1) is 11.3 Å². The van der Waals surface area contributed by atoms with Gasteiger partial charge < -0.3 is 5.32 Å². The number of carbonyl (C=O) groups excluding carboxylic acids is 1. The van der Waals surface area contributed by atoms with Crippen LogP contribution in [0.5, 0.6) is 0 Å². The van der Waals surface area contributed by atoms with Gasteiger partial charge in [0, 0.05) is 0 Å². The average Bonchev–Trinajstić information content (AvgIpc) is 2.25. The number of carbonyl (C=O) groups is 1. The van der Waals surface area contributed by atoms with Gasteiger partial charge in [0.2, 0.25) is 5.91 Å². The Morgan fingerprint density at radius 3 is 2.56 bits per heavy atom. The molecule has 0 unspecified atom stereocenters. The molecule has 82 valence electrons. The zero-order chi connectivity index (χ0) is 11.4. The van der Waals surface area contributed by atoms with E-state index in [4.69, 9.17) is 5.26 Å². The minimum Gasteiger partial charge on any atom is -0.346 e. The van der Waals surface area contributed by atoms with Gasteiger partial charge >= 0.3 is 0 Å². The summed E-state index contributed by atoms with van der Waals surface area (Å²) >= 11 is 0. The van der Waals surface area contributed by atoms with E-state index in [0.717, 1.165) is 24.8 Å². The van der Waals surface area contributed by atoms with Crippen molar-refractivity contribution in [2.45, 2.75) is 31.2 Å². The molecule has 0 atom stereocenters. The molecule has 0 bridgehead atoms. The highest BCUT2D eigenvalue weighted by Gasteiger charge is 2.39. The third-order valence-corrected chi connectivity index (χ3v) is 3.15. The largest absolute Gasteiger partial charge is 0.346 e. The van der Waals surface area contributed by atoms with Gasteiger partial charge in [-0.3, -0.25) is 4.79 Å². The van der Waals surface area contributed by atoms with Gasteiger partial charge in [0.15, 0.2) is 0 Å². The van der Waals surface area contributed by atoms with Crippen LogP contribution < -0.4 is 5.32 Å². The van der Waals surface area contributed by atoms with Gasteiger partial charge in [-0.2, -0.15) is 5.26 Å². The minimum absolute atomic E-state index is 0.0609. The van der Waals surface area contributed by atoms with Crippen LogP contribution in [0.3, 0.4) is 0 Å². The van der Waals surface area contributed by atoms with Gasteiger partial charge in [-0.25, -0.2) is 0 Å². The highest BCUT2D eigenvalue weighted by Crippen LogP contribution is 2.41. The van der Waals surface area contributed by atoms with E-state index in [2.05, 4.69) is 5.32 Å². The molecular formula is C13H14N2O. The SMILES string of the molecule is N#CCC(=O)NC1(c2ccccc2)CCC1. The summed E-state index contributed by atoms with van der Waals surface area (Å²) < 4.78 is 0. The molecule has 0 saturated heterocycles. The molecule has 3 heteroatoms. The molecule has 0 heterocycles. The molecule has 2 rings (SSSR count). The number of amides is 1. The third kappa shape index (κ3) is 1.92. The Balaban J connectivity index is 2.15. The number of nitriles is 1. The fraction of sp³-hybridized carbons (Fsp3) is 0.385. The molecule has 16 heavy (non-hydrogen) atoms. The predicted molar refractivity (Wildman–Crippen MR) is 60.3 cm³/mol. The Labute approximate surface area is 95.1 Å². The lowest BCUT2D eigenvalue weighted by Crippen LogP contribution is -2.50. The molecule has 1 N–H and O–H groups in total. The summed E-state index contributed by atoms with van der Waals surface area (Å²) in [4.78, 5) is 11.5. The average molecular weight is 214 g/mol. The zero-order valence-electron chi connectivity index (χ0n) is 9.07. The summed E-state index contributed by atoms with van der Waals surface area (Å²) in [6, 6.07) is 11.9. The van der Waals surface area contributed by atoms with Crippen LogP contribution in [0.15, 0.2) is 30.3 Å². The topological polar surface area (TPSA) is 52.9 Å². The predicted octanol–water partition coefficient (Wildman–Crippen LogP) is 2.10. The van der Waals surface area contributed by atoms with Crippen LogP contribution >= 0.6 is 0 Å². The molecule has 1 aliphatic rings. The fourth-order valence-electron chi connectivity index (χ4n) is 2.16. The molecule has 1 aromatic carbocycles. The van der Waals surface area contributed by atoms with Gasteiger partial charge in [0.05, 0.1) is 11.6 Å². The van der Waals surface area contributed by atoms with Crippen LogP contribution in [0.1, 0.15) is 31.2 Å². The molecule has 0 radical (unpaired) electrons. The first kappa shape index (κ1) is 10.7. The number of nitrogens with one attached hydrogen (secondary N) is 1. The molecule has 1 aliphatic carbocycles. The summed E-state index contributed by atoms with van der Waals surface area (Å²) in [5.74, 6) is -0.175. The summed E-state index contributed by atoms with van der Waals surface area (Å²) in [6.07, 6.45) is 3.00. The molecule has 0 aromatic heterocycles. The van der Waals surface area contributed by atoms with E-state index in [-0.39, 0.29) is 17.9 Å². The van der Waals surface area contributed by atoms with E-state index in [9.17, 15) is 4.79 Å². The van der Waals surface area contributed by atoms with Gasteiger partial charge in [0.25, 0.3) is 0 Å². The highest BCUT2D eigenvalue weighted by molar-refractivity contribution is 5.79. The van der Waals surface area contributed by atoms with E-state index in [1.807, 2.05) is 36.4 Å². The van der Waals surface area contributed by atoms with Gasteiger partial charge in [-0.1, -0.05) is 30.3 Å². The molecular weight excluding hydrogens is 200 g/mol. The van der Waals surface area contributed by atoms with Crippen LogP contribution in [-0.2, 0) is 10.3 Å². The van der Waals surface area contributed by atoms with E-state index >= 15 is 0 Å². The highest BCUT2D eigenvalue weighted by atomic mass is 16.1.